The van der Waals surface area contributed by atoms with Crippen LogP contribution in [-0.4, -0.2) is 16.5 Å². The molecular weight excluding hydrogens is 296 g/mol. The number of hydrogen-bond donors (Lipinski definition) is 0. The highest BCUT2D eigenvalue weighted by atomic mass is 35.5. The average molecular weight is 309 g/mol. The van der Waals surface area contributed by atoms with Gasteiger partial charge in [-0.05, 0) is 17.7 Å². The minimum absolute atomic E-state index is 0.399. The number of benzene rings is 1. The Kier molecular flexibility index (Phi) is 3.80. The van der Waals surface area contributed by atoms with Crippen LogP contribution in [0.3, 0.4) is 0 Å². The second-order valence-corrected chi connectivity index (χ2v) is 5.37. The van der Waals surface area contributed by atoms with Crippen molar-refractivity contribution in [3.63, 3.8) is 0 Å². The molecular formula is C14H13ClN2O2S. The molecule has 2 aromatic heterocycles. The van der Waals surface area contributed by atoms with Crippen molar-refractivity contribution in [2.75, 3.05) is 7.11 Å². The SMILES string of the molecule is COc1ccc(CCl)cc1OCc1cn2ccsc2n1. The molecule has 0 radical (unpaired) electrons. The van der Waals surface area contributed by atoms with Crippen molar-refractivity contribution in [2.24, 2.45) is 0 Å². The molecule has 0 saturated carbocycles. The molecule has 0 aliphatic heterocycles. The van der Waals surface area contributed by atoms with Gasteiger partial charge >= 0.3 is 0 Å². The van der Waals surface area contributed by atoms with Gasteiger partial charge in [0.25, 0.3) is 0 Å². The van der Waals surface area contributed by atoms with Crippen LogP contribution in [0.25, 0.3) is 4.96 Å². The van der Waals surface area contributed by atoms with Crippen LogP contribution in [-0.2, 0) is 12.5 Å². The fourth-order valence-electron chi connectivity index (χ4n) is 1.91. The third kappa shape index (κ3) is 2.59. The Morgan fingerprint density at radius 2 is 2.25 bits per heavy atom. The minimum Gasteiger partial charge on any atom is -0.493 e. The Balaban J connectivity index is 1.78. The van der Waals surface area contributed by atoms with Crippen LogP contribution < -0.4 is 9.47 Å². The highest BCUT2D eigenvalue weighted by molar-refractivity contribution is 7.15. The first-order valence-electron chi connectivity index (χ1n) is 6.07. The van der Waals surface area contributed by atoms with Gasteiger partial charge in [-0.25, -0.2) is 4.98 Å². The zero-order valence-corrected chi connectivity index (χ0v) is 12.4. The van der Waals surface area contributed by atoms with Gasteiger partial charge in [0.05, 0.1) is 12.8 Å². The average Bonchev–Trinajstić information content (AvgIpc) is 3.05. The summed E-state index contributed by atoms with van der Waals surface area (Å²) in [5.41, 5.74) is 1.88. The second-order valence-electron chi connectivity index (χ2n) is 4.23. The van der Waals surface area contributed by atoms with Crippen molar-refractivity contribution in [1.29, 1.82) is 0 Å². The monoisotopic (exact) mass is 308 g/mol. The molecule has 0 bridgehead atoms. The van der Waals surface area contributed by atoms with E-state index < -0.39 is 0 Å². The third-order valence-corrected chi connectivity index (χ3v) is 3.98. The largest absolute Gasteiger partial charge is 0.493 e. The summed E-state index contributed by atoms with van der Waals surface area (Å²) in [6.07, 6.45) is 3.94. The van der Waals surface area contributed by atoms with Gasteiger partial charge in [0, 0.05) is 23.7 Å². The normalized spacial score (nSPS) is 10.9. The first-order chi connectivity index (χ1) is 9.80. The van der Waals surface area contributed by atoms with Crippen LogP contribution in [0, 0.1) is 0 Å². The van der Waals surface area contributed by atoms with E-state index >= 15 is 0 Å². The molecule has 0 spiro atoms. The van der Waals surface area contributed by atoms with Crippen molar-refractivity contribution in [3.05, 3.63) is 47.2 Å². The first kappa shape index (κ1) is 13.3. The second kappa shape index (κ2) is 5.73. The van der Waals surface area contributed by atoms with Gasteiger partial charge in [0.2, 0.25) is 0 Å². The highest BCUT2D eigenvalue weighted by Crippen LogP contribution is 2.29. The van der Waals surface area contributed by atoms with Crippen molar-refractivity contribution in [2.45, 2.75) is 12.5 Å². The minimum atomic E-state index is 0.399. The van der Waals surface area contributed by atoms with E-state index in [1.165, 1.54) is 0 Å². The Hall–Kier alpha value is -1.72. The van der Waals surface area contributed by atoms with Crippen molar-refractivity contribution >= 4 is 27.9 Å². The Morgan fingerprint density at radius 3 is 3.00 bits per heavy atom. The van der Waals surface area contributed by atoms with Gasteiger partial charge in [0.15, 0.2) is 16.5 Å². The summed E-state index contributed by atoms with van der Waals surface area (Å²) in [5.74, 6) is 1.82. The molecule has 0 unspecified atom stereocenters. The number of halogens is 1. The zero-order valence-electron chi connectivity index (χ0n) is 10.9. The lowest BCUT2D eigenvalue weighted by Gasteiger charge is -2.10. The molecule has 104 valence electrons. The quantitative estimate of drug-likeness (QED) is 0.674. The summed E-state index contributed by atoms with van der Waals surface area (Å²) in [6, 6.07) is 5.67. The molecule has 20 heavy (non-hydrogen) atoms. The smallest absolute Gasteiger partial charge is 0.193 e. The van der Waals surface area contributed by atoms with Crippen LogP contribution in [0.15, 0.2) is 36.0 Å². The Labute approximate surface area is 125 Å². The molecule has 4 nitrogen and oxygen atoms in total. The number of imidazole rings is 1. The molecule has 1 aromatic carbocycles. The van der Waals surface area contributed by atoms with Crippen molar-refractivity contribution in [1.82, 2.24) is 9.38 Å². The summed E-state index contributed by atoms with van der Waals surface area (Å²) >= 11 is 7.44. The van der Waals surface area contributed by atoms with E-state index in [2.05, 4.69) is 4.98 Å². The summed E-state index contributed by atoms with van der Waals surface area (Å²) < 4.78 is 13.1. The lowest BCUT2D eigenvalue weighted by atomic mass is 10.2. The number of aromatic nitrogens is 2. The van der Waals surface area contributed by atoms with Crippen LogP contribution in [0.5, 0.6) is 11.5 Å². The lowest BCUT2D eigenvalue weighted by Crippen LogP contribution is -1.98. The molecule has 0 aliphatic rings. The molecule has 2 heterocycles. The van der Waals surface area contributed by atoms with Crippen molar-refractivity contribution in [3.8, 4) is 11.5 Å². The fraction of sp³-hybridized carbons (Fsp3) is 0.214. The third-order valence-electron chi connectivity index (χ3n) is 2.90. The van der Waals surface area contributed by atoms with Gasteiger partial charge in [0.1, 0.15) is 6.61 Å². The summed E-state index contributed by atoms with van der Waals surface area (Å²) in [5, 5.41) is 2.00. The standard InChI is InChI=1S/C14H13ClN2O2S/c1-18-12-3-2-10(7-15)6-13(12)19-9-11-8-17-4-5-20-14(17)16-11/h2-6,8H,7,9H2,1H3. The number of alkyl halides is 1. The van der Waals surface area contributed by atoms with Crippen LogP contribution >= 0.6 is 22.9 Å². The number of fused-ring (bicyclic) bond motifs is 1. The van der Waals surface area contributed by atoms with Gasteiger partial charge in [-0.15, -0.1) is 22.9 Å². The van der Waals surface area contributed by atoms with Gasteiger partial charge in [-0.3, -0.25) is 4.40 Å². The molecule has 0 saturated heterocycles. The van der Waals surface area contributed by atoms with E-state index in [1.807, 2.05) is 40.4 Å². The molecule has 0 amide bonds. The Bertz CT molecular complexity index is 694. The Morgan fingerprint density at radius 1 is 1.35 bits per heavy atom. The number of methoxy groups -OCH3 is 1. The summed E-state index contributed by atoms with van der Waals surface area (Å²) in [4.78, 5) is 5.44. The number of hydrogen-bond acceptors (Lipinski definition) is 4. The molecule has 0 atom stereocenters. The van der Waals surface area contributed by atoms with E-state index in [9.17, 15) is 0 Å². The van der Waals surface area contributed by atoms with Crippen LogP contribution in [0.4, 0.5) is 0 Å². The lowest BCUT2D eigenvalue weighted by molar-refractivity contribution is 0.281. The maximum absolute atomic E-state index is 5.84. The van der Waals surface area contributed by atoms with Crippen LogP contribution in [0.1, 0.15) is 11.3 Å². The van der Waals surface area contributed by atoms with Gasteiger partial charge in [-0.1, -0.05) is 6.07 Å². The molecule has 3 rings (SSSR count). The van der Waals surface area contributed by atoms with E-state index in [1.54, 1.807) is 18.4 Å². The fourth-order valence-corrected chi connectivity index (χ4v) is 2.80. The zero-order chi connectivity index (χ0) is 13.9. The predicted octanol–water partition coefficient (Wildman–Crippen LogP) is 3.72. The summed E-state index contributed by atoms with van der Waals surface area (Å²) in [7, 11) is 1.62. The van der Waals surface area contributed by atoms with Gasteiger partial charge < -0.3 is 9.47 Å². The van der Waals surface area contributed by atoms with Crippen LogP contribution in [0.2, 0.25) is 0 Å². The maximum atomic E-state index is 5.84. The topological polar surface area (TPSA) is 35.8 Å². The van der Waals surface area contributed by atoms with E-state index in [4.69, 9.17) is 21.1 Å². The van der Waals surface area contributed by atoms with Crippen molar-refractivity contribution < 1.29 is 9.47 Å². The molecule has 0 aliphatic carbocycles. The van der Waals surface area contributed by atoms with E-state index in [0.717, 1.165) is 16.2 Å². The molecule has 0 fully saturated rings. The van der Waals surface area contributed by atoms with Gasteiger partial charge in [-0.2, -0.15) is 0 Å². The molecule has 6 heteroatoms. The predicted molar refractivity (Wildman–Crippen MR) is 80.0 cm³/mol. The number of rotatable bonds is 5. The number of nitrogens with zero attached hydrogens (tertiary/aromatic N) is 2. The molecule has 3 aromatic rings. The van der Waals surface area contributed by atoms with E-state index in [-0.39, 0.29) is 0 Å². The number of thiazole rings is 1. The maximum Gasteiger partial charge on any atom is 0.193 e. The molecule has 0 N–H and O–H groups in total. The first-order valence-corrected chi connectivity index (χ1v) is 7.48. The highest BCUT2D eigenvalue weighted by Gasteiger charge is 2.08. The van der Waals surface area contributed by atoms with E-state index in [0.29, 0.717) is 24.0 Å². The summed E-state index contributed by atoms with van der Waals surface area (Å²) in [6.45, 7) is 0.399. The number of ether oxygens (including phenoxy) is 2.